The number of anilines is 7. The van der Waals surface area contributed by atoms with Gasteiger partial charge < -0.3 is 14.7 Å². The van der Waals surface area contributed by atoms with Crippen LogP contribution in [0.4, 0.5) is 39.8 Å². The minimum Gasteiger partial charge on any atom is -0.334 e. The van der Waals surface area contributed by atoms with Crippen LogP contribution >= 0.6 is 0 Å². The van der Waals surface area contributed by atoms with Crippen LogP contribution in [0.1, 0.15) is 107 Å². The Morgan fingerprint density at radius 1 is 0.453 bits per heavy atom. The van der Waals surface area contributed by atoms with Gasteiger partial charge in [-0.3, -0.25) is 0 Å². The van der Waals surface area contributed by atoms with E-state index in [-0.39, 0.29) is 34.0 Å². The third kappa shape index (κ3) is 5.89. The van der Waals surface area contributed by atoms with Crippen molar-refractivity contribution in [3.63, 3.8) is 0 Å². The number of hydrogen-bond acceptors (Lipinski definition) is 3. The van der Waals surface area contributed by atoms with E-state index in [4.69, 9.17) is 0 Å². The molecule has 75 heavy (non-hydrogen) atoms. The molecule has 4 aliphatic heterocycles. The van der Waals surface area contributed by atoms with Crippen molar-refractivity contribution in [3.05, 3.63) is 240 Å². The molecule has 6 aliphatic rings. The average molecular weight is 970 g/mol. The van der Waals surface area contributed by atoms with E-state index in [0.29, 0.717) is 0 Å². The van der Waals surface area contributed by atoms with E-state index in [1.807, 2.05) is 0 Å². The molecular weight excluding hydrogens is 906 g/mol. The van der Waals surface area contributed by atoms with Crippen LogP contribution in [0.2, 0.25) is 0 Å². The van der Waals surface area contributed by atoms with E-state index in [0.717, 1.165) is 25.7 Å². The summed E-state index contributed by atoms with van der Waals surface area (Å²) in [5.41, 5.74) is 25.9. The molecule has 4 heteroatoms. The van der Waals surface area contributed by atoms with Gasteiger partial charge >= 0.3 is 0 Å². The minimum atomic E-state index is -0.362. The molecule has 1 fully saturated rings. The fourth-order valence-corrected chi connectivity index (χ4v) is 16.1. The normalized spacial score (nSPS) is 23.4. The number of fused-ring (bicyclic) bond motifs is 12. The number of aryl methyl sites for hydroxylation is 1. The molecule has 15 rings (SSSR count). The first kappa shape index (κ1) is 44.9. The molecule has 0 saturated heterocycles. The van der Waals surface area contributed by atoms with Gasteiger partial charge in [-0.2, -0.15) is 0 Å². The highest BCUT2D eigenvalue weighted by Gasteiger charge is 2.65. The highest BCUT2D eigenvalue weighted by Crippen LogP contribution is 2.67. The second kappa shape index (κ2) is 15.7. The zero-order chi connectivity index (χ0) is 50.6. The maximum Gasteiger partial charge on any atom is 0.252 e. The lowest BCUT2D eigenvalue weighted by atomic mass is 9.33. The van der Waals surface area contributed by atoms with Crippen molar-refractivity contribution in [2.75, 3.05) is 14.7 Å². The summed E-state index contributed by atoms with van der Waals surface area (Å²) in [7, 11) is 0. The lowest BCUT2D eigenvalue weighted by Gasteiger charge is -2.54. The van der Waals surface area contributed by atoms with Gasteiger partial charge in [0.1, 0.15) is 0 Å². The summed E-state index contributed by atoms with van der Waals surface area (Å²) in [6.07, 6.45) is 6.74. The van der Waals surface area contributed by atoms with Gasteiger partial charge in [0.15, 0.2) is 0 Å². The molecule has 0 amide bonds. The predicted octanol–water partition coefficient (Wildman–Crippen LogP) is 16.0. The molecule has 0 aromatic heterocycles. The first-order valence-corrected chi connectivity index (χ1v) is 27.8. The summed E-state index contributed by atoms with van der Waals surface area (Å²) >= 11 is 0. The van der Waals surface area contributed by atoms with Gasteiger partial charge in [-0.15, -0.1) is 0 Å². The van der Waals surface area contributed by atoms with Crippen molar-refractivity contribution in [1.29, 1.82) is 0 Å². The SMILES string of the molecule is CC(C)(C)c1ccc2c(c1)C1(c3ccccc3)CCCCC1(C)N2c1cc2c3c(c1)N1c4c(cccc4C4(C)CCc5ccccc5C14C)B3c1cc(-c3ccccc3)ccc1N2c1ccc(-c2ccccc2)cc1. The number of hydrogen-bond donors (Lipinski definition) is 0. The highest BCUT2D eigenvalue weighted by atomic mass is 15.3. The van der Waals surface area contributed by atoms with Gasteiger partial charge in [-0.1, -0.05) is 210 Å². The molecule has 2 aliphatic carbocycles. The highest BCUT2D eigenvalue weighted by molar-refractivity contribution is 7.00. The monoisotopic (exact) mass is 970 g/mol. The summed E-state index contributed by atoms with van der Waals surface area (Å²) in [6, 6.07) is 79.9. The summed E-state index contributed by atoms with van der Waals surface area (Å²) in [6.45, 7) is 15.0. The molecule has 3 nitrogen and oxygen atoms in total. The number of rotatable bonds is 5. The molecule has 4 unspecified atom stereocenters. The molecule has 9 aromatic rings. The first-order chi connectivity index (χ1) is 36.4. The van der Waals surface area contributed by atoms with Crippen molar-refractivity contribution in [3.8, 4) is 22.3 Å². The molecular formula is C71H64BN3. The van der Waals surface area contributed by atoms with Crippen molar-refractivity contribution >= 4 is 62.9 Å². The predicted molar refractivity (Wildman–Crippen MR) is 316 cm³/mol. The Balaban J connectivity index is 1.06. The van der Waals surface area contributed by atoms with Crippen molar-refractivity contribution in [2.45, 2.75) is 107 Å². The van der Waals surface area contributed by atoms with Crippen LogP contribution in [0.25, 0.3) is 22.3 Å². The molecule has 366 valence electrons. The lowest BCUT2D eigenvalue weighted by molar-refractivity contribution is 0.215. The number of nitrogens with zero attached hydrogens (tertiary/aromatic N) is 3. The largest absolute Gasteiger partial charge is 0.334 e. The van der Waals surface area contributed by atoms with Crippen LogP contribution in [0, 0.1) is 0 Å². The van der Waals surface area contributed by atoms with Crippen LogP contribution in [0.15, 0.2) is 206 Å². The van der Waals surface area contributed by atoms with Gasteiger partial charge in [0.25, 0.3) is 6.71 Å². The van der Waals surface area contributed by atoms with Crippen molar-refractivity contribution in [2.24, 2.45) is 0 Å². The Hall–Kier alpha value is -7.56. The molecule has 9 aromatic carbocycles. The zero-order valence-electron chi connectivity index (χ0n) is 44.3. The lowest BCUT2D eigenvalue weighted by Crippen LogP contribution is -2.64. The van der Waals surface area contributed by atoms with E-state index in [9.17, 15) is 0 Å². The van der Waals surface area contributed by atoms with E-state index in [2.05, 4.69) is 262 Å². The van der Waals surface area contributed by atoms with Gasteiger partial charge in [0.05, 0.1) is 11.1 Å². The summed E-state index contributed by atoms with van der Waals surface area (Å²) < 4.78 is 0. The van der Waals surface area contributed by atoms with Gasteiger partial charge in [0.2, 0.25) is 0 Å². The molecule has 0 N–H and O–H groups in total. The van der Waals surface area contributed by atoms with Crippen LogP contribution in [0.3, 0.4) is 0 Å². The smallest absolute Gasteiger partial charge is 0.252 e. The Kier molecular flexibility index (Phi) is 9.42. The van der Waals surface area contributed by atoms with Crippen molar-refractivity contribution in [1.82, 2.24) is 0 Å². The minimum absolute atomic E-state index is 0.0000369. The fraction of sp³-hybridized carbons (Fsp3) is 0.239. The second-order valence-electron chi connectivity index (χ2n) is 24.4. The number of benzene rings is 9. The van der Waals surface area contributed by atoms with Crippen LogP contribution in [-0.2, 0) is 28.2 Å². The van der Waals surface area contributed by atoms with E-state index < -0.39 is 0 Å². The Labute approximate surface area is 444 Å². The van der Waals surface area contributed by atoms with Crippen LogP contribution in [-0.4, -0.2) is 12.3 Å². The van der Waals surface area contributed by atoms with E-state index in [1.165, 1.54) is 125 Å². The number of para-hydroxylation sites is 1. The third-order valence-corrected chi connectivity index (χ3v) is 19.9. The molecule has 0 spiro atoms. The fourth-order valence-electron chi connectivity index (χ4n) is 16.1. The van der Waals surface area contributed by atoms with Crippen LogP contribution < -0.4 is 31.1 Å². The second-order valence-corrected chi connectivity index (χ2v) is 24.4. The van der Waals surface area contributed by atoms with Crippen LogP contribution in [0.5, 0.6) is 0 Å². The first-order valence-electron chi connectivity index (χ1n) is 27.8. The molecule has 0 radical (unpaired) electrons. The molecule has 4 heterocycles. The molecule has 4 atom stereocenters. The quantitative estimate of drug-likeness (QED) is 0.159. The third-order valence-electron chi connectivity index (χ3n) is 19.9. The van der Waals surface area contributed by atoms with E-state index in [1.54, 1.807) is 0 Å². The molecule has 1 saturated carbocycles. The Morgan fingerprint density at radius 2 is 1.08 bits per heavy atom. The summed E-state index contributed by atoms with van der Waals surface area (Å²) in [5.74, 6) is 0. The maximum absolute atomic E-state index is 2.89. The molecule has 0 bridgehead atoms. The zero-order valence-corrected chi connectivity index (χ0v) is 44.3. The van der Waals surface area contributed by atoms with E-state index >= 15 is 0 Å². The van der Waals surface area contributed by atoms with Gasteiger partial charge in [-0.05, 0) is 153 Å². The standard InChI is InChI=1S/C71H64BN3/c1-67(2,3)53-34-38-61-58(44-53)71(52-26-14-9-15-27-52)41-19-18-40-69(71,5)74(61)55-45-63-65-64(46-55)75-66-57(68(4)42-39-50-25-16-17-28-56(50)70(68,75)6)29-20-30-59(66)72(65)60-43-51(48-23-12-8-13-24-48)33-37-62(60)73(63)54-35-31-49(32-36-54)47-21-10-7-11-22-47/h7-17,20-38,43-46H,18-19,39-42H2,1-6H3. The summed E-state index contributed by atoms with van der Waals surface area (Å²) in [4.78, 5) is 8.40. The average Bonchev–Trinajstić information content (AvgIpc) is 4.09. The van der Waals surface area contributed by atoms with Gasteiger partial charge in [-0.25, -0.2) is 0 Å². The van der Waals surface area contributed by atoms with Crippen molar-refractivity contribution < 1.29 is 0 Å². The summed E-state index contributed by atoms with van der Waals surface area (Å²) in [5, 5.41) is 0. The topological polar surface area (TPSA) is 9.72 Å². The maximum atomic E-state index is 2.89. The Morgan fingerprint density at radius 3 is 1.83 bits per heavy atom. The Bertz CT molecular complexity index is 3790. The van der Waals surface area contributed by atoms with Gasteiger partial charge in [0, 0.05) is 50.6 Å².